The zero-order chi connectivity index (χ0) is 105. The van der Waals surface area contributed by atoms with Gasteiger partial charge in [0.2, 0.25) is 0 Å². The number of aliphatic hydroxyl groups is 4. The Hall–Kier alpha value is -15.5. The van der Waals surface area contributed by atoms with Crippen LogP contribution >= 0.6 is 15.9 Å². The second kappa shape index (κ2) is 47.6. The standard InChI is InChI=1S/C26H22F5N5O2.C26H24F3N5O2.C26H26FN5O4S.C24H23BrF2N4O3/c1-13-20(11-34-36(13)26(30)31)17-8-19(24(32)33-10-17)14-5-6-18(21(27)9-14)25(38)35-22(12-37)15-3-2-4-16(7-15)23(28)29;1-14-21(12-32-34(14)2)18-9-20(25(30)31-11-18)15-6-7-19(22(27)10-15)26(36)33-23(13-35)16-4-3-5-17(8-16)24(28)29;1-3-32-14-19(13-30-32)18-10-22(25(28)29-12-18)16-7-8-21(23(27)11-16)26(34)31-24(15-33)17-5-4-6-20(9-17)37(2,35)36;25-16-7-15(8-17(26)10-16)21(12-32)31-24(33)18-2-1-14(9-19(18)27)22-23(28)29-11-20(30-22)13-3-5-34-6-4-13/h2-11,22-23,26,37H,12H2,1H3,(H2,32,33)(H,35,38);3-12,23-24,35H,13H2,1-2H3,(H2,30,31)(H,33,36);4-14,24,33H,3,15H2,1-2H3,(H2,28,29)(H,31,34);1-2,7-11,13,21,32H,3-6,12H2,(H2,28,29)(H,31,33)/t22-;23-;24-;21-/m1111/s1. The molecule has 0 aliphatic carbocycles. The number of aromatic nitrogens is 11. The predicted molar refractivity (Wildman–Crippen MR) is 523 cm³/mol. The fraction of sp³-hybridized carbons (Fsp3) is 0.216. The maximum absolute atomic E-state index is 15.1. The number of benzene rings is 8. The van der Waals surface area contributed by atoms with Crippen LogP contribution in [0, 0.1) is 42.9 Å². The first-order valence-corrected chi connectivity index (χ1v) is 47.1. The van der Waals surface area contributed by atoms with Crippen LogP contribution in [0.2, 0.25) is 0 Å². The van der Waals surface area contributed by atoms with E-state index in [-0.39, 0.29) is 89.8 Å². The van der Waals surface area contributed by atoms with Gasteiger partial charge in [0.15, 0.2) is 9.84 Å². The summed E-state index contributed by atoms with van der Waals surface area (Å²) in [4.78, 5) is 72.5. The summed E-state index contributed by atoms with van der Waals surface area (Å²) in [7, 11) is -1.66. The number of hydrogen-bond acceptors (Lipinski definition) is 23. The number of nitrogens with zero attached hydrogens (tertiary/aromatic N) is 11. The number of halogens is 12. The summed E-state index contributed by atoms with van der Waals surface area (Å²) < 4.78 is 186. The van der Waals surface area contributed by atoms with E-state index < -0.39 is 133 Å². The van der Waals surface area contributed by atoms with E-state index in [0.717, 1.165) is 64.9 Å². The van der Waals surface area contributed by atoms with E-state index in [1.165, 1.54) is 147 Å². The molecule has 8 heterocycles. The molecule has 16 N–H and O–H groups in total. The molecule has 30 nitrogen and oxygen atoms in total. The minimum absolute atomic E-state index is 0.0449. The van der Waals surface area contributed by atoms with Crippen molar-refractivity contribution in [1.82, 2.24) is 75.5 Å². The molecular weight excluding hydrogens is 1990 g/mol. The van der Waals surface area contributed by atoms with E-state index >= 15 is 13.2 Å². The van der Waals surface area contributed by atoms with Gasteiger partial charge in [-0.3, -0.25) is 28.5 Å². The number of sulfone groups is 1. The lowest BCUT2D eigenvalue weighted by atomic mass is 9.96. The molecule has 0 saturated carbocycles. The van der Waals surface area contributed by atoms with Crippen LogP contribution in [-0.2, 0) is 28.2 Å². The Balaban J connectivity index is 0.000000162. The number of nitrogens with two attached hydrogens (primary N) is 4. The second-order valence-corrected chi connectivity index (χ2v) is 36.1. The third-order valence-corrected chi connectivity index (χ3v) is 25.3. The van der Waals surface area contributed by atoms with Crippen molar-refractivity contribution in [2.24, 2.45) is 7.05 Å². The number of alkyl halides is 6. The van der Waals surface area contributed by atoms with E-state index in [9.17, 15) is 83.1 Å². The molecule has 1 aliphatic heterocycles. The Morgan fingerprint density at radius 3 is 1.24 bits per heavy atom. The molecule has 754 valence electrons. The van der Waals surface area contributed by atoms with Crippen molar-refractivity contribution >= 4 is 72.7 Å². The number of anilines is 4. The molecule has 1 fully saturated rings. The monoisotopic (exact) mass is 2080 g/mol. The molecule has 8 aromatic carbocycles. The van der Waals surface area contributed by atoms with E-state index in [0.29, 0.717) is 90.2 Å². The van der Waals surface area contributed by atoms with Crippen molar-refractivity contribution in [3.05, 3.63) is 338 Å². The molecule has 7 aromatic heterocycles. The maximum Gasteiger partial charge on any atom is 0.333 e. The minimum Gasteiger partial charge on any atom is -0.394 e. The summed E-state index contributed by atoms with van der Waals surface area (Å²) in [5, 5.41) is 61.1. The lowest BCUT2D eigenvalue weighted by Gasteiger charge is -2.22. The molecule has 0 unspecified atom stereocenters. The number of nitrogen functional groups attached to an aromatic ring is 4. The summed E-state index contributed by atoms with van der Waals surface area (Å²) in [5.74, 6) is -6.24. The number of amides is 4. The smallest absolute Gasteiger partial charge is 0.333 e. The van der Waals surface area contributed by atoms with Crippen molar-refractivity contribution in [2.75, 3.05) is 68.8 Å². The van der Waals surface area contributed by atoms with Crippen LogP contribution in [0.3, 0.4) is 0 Å². The highest BCUT2D eigenvalue weighted by Crippen LogP contribution is 2.39. The fourth-order valence-electron chi connectivity index (χ4n) is 15.6. The van der Waals surface area contributed by atoms with Gasteiger partial charge in [0.05, 0.1) is 108 Å². The highest BCUT2D eigenvalue weighted by atomic mass is 79.9. The quantitative estimate of drug-likeness (QED) is 0.0194. The van der Waals surface area contributed by atoms with Crippen molar-refractivity contribution in [3.63, 3.8) is 0 Å². The van der Waals surface area contributed by atoms with Crippen molar-refractivity contribution in [1.29, 1.82) is 0 Å². The van der Waals surface area contributed by atoms with Gasteiger partial charge >= 0.3 is 6.55 Å². The molecular formula is C102H95BrF11N19O11S. The normalized spacial score (nSPS) is 12.9. The number of carbonyl (C=O) groups is 4. The molecule has 1 aliphatic rings. The van der Waals surface area contributed by atoms with Crippen LogP contribution in [-0.4, -0.2) is 153 Å². The van der Waals surface area contributed by atoms with E-state index in [1.807, 2.05) is 27.1 Å². The molecule has 0 radical (unpaired) electrons. The molecule has 43 heteroatoms. The van der Waals surface area contributed by atoms with Crippen molar-refractivity contribution < 1.29 is 101 Å². The zero-order valence-electron chi connectivity index (χ0n) is 77.7. The van der Waals surface area contributed by atoms with Gasteiger partial charge < -0.3 is 69.4 Å². The number of aliphatic hydroxyl groups excluding tert-OH is 4. The van der Waals surface area contributed by atoms with Crippen LogP contribution in [0.1, 0.15) is 161 Å². The molecule has 4 amide bonds. The number of ether oxygens (including phenoxy) is 1. The SMILES string of the molecule is CCn1cc(-c2cnc(N)c(-c3ccc(C(=O)N[C@H](CO)c4cccc(S(C)(=O)=O)c4)c(F)c3)c2)cn1.Cc1c(-c2cnc(N)c(-c3ccc(C(=O)N[C@H](CO)c4cccc(C(F)F)c4)c(F)c3)c2)cnn1C.Cc1c(-c2cnc(N)c(-c3ccc(C(=O)N[C@H](CO)c4cccc(C(F)F)c4)c(F)c3)c2)cnn1C(F)F.Nc1ncc(C2CCOCC2)nc1-c1ccc(C(=O)N[C@H](CO)c2cc(F)cc(Br)c2)c(F)c1. The van der Waals surface area contributed by atoms with Crippen LogP contribution in [0.25, 0.3) is 78.0 Å². The predicted octanol–water partition coefficient (Wildman–Crippen LogP) is 17.4. The number of aryl methyl sites for hydroxylation is 2. The fourth-order valence-corrected chi connectivity index (χ4v) is 16.8. The molecule has 0 bridgehead atoms. The Kier molecular flexibility index (Phi) is 35.0. The first-order chi connectivity index (χ1) is 69.2. The van der Waals surface area contributed by atoms with Crippen LogP contribution in [0.5, 0.6) is 0 Å². The molecule has 0 spiro atoms. The molecule has 1 saturated heterocycles. The topological polar surface area (TPSA) is 463 Å². The summed E-state index contributed by atoms with van der Waals surface area (Å²) in [6.45, 7) is 2.37. The van der Waals surface area contributed by atoms with Crippen LogP contribution in [0.4, 0.5) is 71.6 Å². The first-order valence-electron chi connectivity index (χ1n) is 44.5. The number of pyridine rings is 3. The molecule has 16 rings (SSSR count). The number of carbonyl (C=O) groups excluding carboxylic acids is 4. The van der Waals surface area contributed by atoms with Gasteiger partial charge in [0.1, 0.15) is 58.1 Å². The maximum atomic E-state index is 15.1. The van der Waals surface area contributed by atoms with Crippen molar-refractivity contribution in [3.8, 4) is 78.0 Å². The average molecular weight is 2080 g/mol. The van der Waals surface area contributed by atoms with Gasteiger partial charge in [0, 0.05) is 146 Å². The highest BCUT2D eigenvalue weighted by molar-refractivity contribution is 9.10. The third-order valence-electron chi connectivity index (χ3n) is 23.7. The van der Waals surface area contributed by atoms with Gasteiger partial charge in [0.25, 0.3) is 36.5 Å². The van der Waals surface area contributed by atoms with Gasteiger partial charge in [-0.05, 0) is 182 Å². The summed E-state index contributed by atoms with van der Waals surface area (Å²) >= 11 is 3.18. The Labute approximate surface area is 830 Å². The first kappa shape index (κ1) is 107. The van der Waals surface area contributed by atoms with Crippen LogP contribution in [0.15, 0.2) is 241 Å². The number of rotatable bonds is 29. The van der Waals surface area contributed by atoms with E-state index in [4.69, 9.17) is 27.7 Å². The molecule has 4 atom stereocenters. The van der Waals surface area contributed by atoms with E-state index in [1.54, 1.807) is 82.8 Å². The molecule has 145 heavy (non-hydrogen) atoms. The van der Waals surface area contributed by atoms with Gasteiger partial charge in [-0.1, -0.05) is 88.7 Å². The van der Waals surface area contributed by atoms with Crippen LogP contribution < -0.4 is 44.2 Å². The highest BCUT2D eigenvalue weighted by Gasteiger charge is 2.30. The second-order valence-electron chi connectivity index (χ2n) is 33.2. The lowest BCUT2D eigenvalue weighted by molar-refractivity contribution is 0.0544. The van der Waals surface area contributed by atoms with E-state index in [2.05, 4.69) is 77.4 Å². The van der Waals surface area contributed by atoms with Crippen molar-refractivity contribution in [2.45, 2.75) is 94.5 Å². The number of nitrogens with one attached hydrogen (secondary N) is 4. The average Bonchev–Trinajstić information content (AvgIpc) is 1.79. The third kappa shape index (κ3) is 25.9. The minimum atomic E-state index is -3.48. The Morgan fingerprint density at radius 1 is 0.441 bits per heavy atom. The summed E-state index contributed by atoms with van der Waals surface area (Å²) in [6, 6.07) is 37.4. The van der Waals surface area contributed by atoms with Gasteiger partial charge in [-0.15, -0.1) is 0 Å². The molecule has 15 aromatic rings. The Morgan fingerprint density at radius 2 is 0.841 bits per heavy atom. The largest absolute Gasteiger partial charge is 0.394 e. The Bertz CT molecular complexity index is 7360. The lowest BCUT2D eigenvalue weighted by Crippen LogP contribution is -2.31. The zero-order valence-corrected chi connectivity index (χ0v) is 80.1. The summed E-state index contributed by atoms with van der Waals surface area (Å²) in [6.07, 6.45) is 10.0. The van der Waals surface area contributed by atoms with Gasteiger partial charge in [-0.25, -0.2) is 77.5 Å². The number of hydrogen-bond donors (Lipinski definition) is 12. The van der Waals surface area contributed by atoms with Gasteiger partial charge in [-0.2, -0.15) is 24.1 Å². The summed E-state index contributed by atoms with van der Waals surface area (Å²) in [5.41, 5.74) is 32.8.